The highest BCUT2D eigenvalue weighted by Crippen LogP contribution is 2.36. The highest BCUT2D eigenvalue weighted by atomic mass is 35.5. The molecular formula is C16H16ClFN2O4. The van der Waals surface area contributed by atoms with Crippen molar-refractivity contribution in [3.05, 3.63) is 41.3 Å². The number of ether oxygens (including phenoxy) is 3. The van der Waals surface area contributed by atoms with Crippen LogP contribution < -0.4 is 15.2 Å². The Morgan fingerprint density at radius 3 is 2.88 bits per heavy atom. The van der Waals surface area contributed by atoms with Crippen molar-refractivity contribution in [3.63, 3.8) is 0 Å². The van der Waals surface area contributed by atoms with Crippen LogP contribution in [0.2, 0.25) is 5.02 Å². The zero-order chi connectivity index (χ0) is 17.7. The number of rotatable bonds is 6. The number of nitrogens with two attached hydrogens (primary N) is 1. The summed E-state index contributed by atoms with van der Waals surface area (Å²) in [4.78, 5) is 15.7. The summed E-state index contributed by atoms with van der Waals surface area (Å²) < 4.78 is 29.3. The number of anilines is 1. The molecular weight excluding hydrogens is 339 g/mol. The molecule has 128 valence electrons. The molecule has 0 aliphatic heterocycles. The second kappa shape index (κ2) is 7.83. The highest BCUT2D eigenvalue weighted by molar-refractivity contribution is 6.32. The number of hydrogen-bond acceptors (Lipinski definition) is 6. The van der Waals surface area contributed by atoms with Gasteiger partial charge in [0.15, 0.2) is 11.9 Å². The van der Waals surface area contributed by atoms with Gasteiger partial charge in [-0.2, -0.15) is 0 Å². The Kier molecular flexibility index (Phi) is 5.81. The number of nitrogen functional groups attached to an aromatic ring is 1. The Morgan fingerprint density at radius 2 is 2.17 bits per heavy atom. The molecule has 2 rings (SSSR count). The second-order valence-electron chi connectivity index (χ2n) is 4.73. The molecule has 8 heteroatoms. The zero-order valence-electron chi connectivity index (χ0n) is 13.1. The molecule has 0 amide bonds. The minimum atomic E-state index is -0.879. The number of aromatic nitrogens is 1. The molecule has 1 heterocycles. The number of esters is 1. The van der Waals surface area contributed by atoms with E-state index >= 15 is 0 Å². The molecule has 6 nitrogen and oxygen atoms in total. The van der Waals surface area contributed by atoms with Gasteiger partial charge in [0.25, 0.3) is 5.88 Å². The monoisotopic (exact) mass is 354 g/mol. The van der Waals surface area contributed by atoms with Crippen molar-refractivity contribution in [2.75, 3.05) is 12.3 Å². The first-order valence-electron chi connectivity index (χ1n) is 7.13. The lowest BCUT2D eigenvalue weighted by atomic mass is 10.3. The average molecular weight is 355 g/mol. The first-order valence-corrected chi connectivity index (χ1v) is 7.50. The summed E-state index contributed by atoms with van der Waals surface area (Å²) in [6.07, 6.45) is 0.594. The van der Waals surface area contributed by atoms with Crippen LogP contribution in [0.1, 0.15) is 13.8 Å². The quantitative estimate of drug-likeness (QED) is 0.630. The summed E-state index contributed by atoms with van der Waals surface area (Å²) in [6, 6.07) is 5.47. The van der Waals surface area contributed by atoms with E-state index in [-0.39, 0.29) is 34.7 Å². The van der Waals surface area contributed by atoms with E-state index in [1.165, 1.54) is 19.2 Å². The number of carbonyl (C=O) groups excluding carboxylic acids is 1. The van der Waals surface area contributed by atoms with Gasteiger partial charge in [-0.1, -0.05) is 11.6 Å². The predicted octanol–water partition coefficient (Wildman–Crippen LogP) is 3.58. The fourth-order valence-electron chi connectivity index (χ4n) is 1.76. The maximum atomic E-state index is 13.4. The summed E-state index contributed by atoms with van der Waals surface area (Å²) in [6.45, 7) is 3.46. The fourth-order valence-corrected chi connectivity index (χ4v) is 1.95. The average Bonchev–Trinajstić information content (AvgIpc) is 2.54. The van der Waals surface area contributed by atoms with Gasteiger partial charge in [0.2, 0.25) is 0 Å². The smallest absolute Gasteiger partial charge is 0.347 e. The lowest BCUT2D eigenvalue weighted by Crippen LogP contribution is -2.26. The van der Waals surface area contributed by atoms with Crippen molar-refractivity contribution in [3.8, 4) is 17.4 Å². The standard InChI is InChI=1S/C16H16ClFN2O4/c1-3-22-16(21)9(2)23-15-13(5-4-6-20-15)24-14-8-12(19)11(18)7-10(14)17/h4-9H,3,19H2,1-2H3. The van der Waals surface area contributed by atoms with Gasteiger partial charge in [-0.15, -0.1) is 0 Å². The molecule has 2 N–H and O–H groups in total. The van der Waals surface area contributed by atoms with E-state index in [2.05, 4.69) is 4.98 Å². The molecule has 0 fully saturated rings. The van der Waals surface area contributed by atoms with Crippen molar-refractivity contribution in [1.29, 1.82) is 0 Å². The van der Waals surface area contributed by atoms with Crippen molar-refractivity contribution in [2.24, 2.45) is 0 Å². The number of nitrogens with zero attached hydrogens (tertiary/aromatic N) is 1. The number of pyridine rings is 1. The molecule has 0 radical (unpaired) electrons. The SMILES string of the molecule is CCOC(=O)C(C)Oc1ncccc1Oc1cc(N)c(F)cc1Cl. The number of halogens is 2. The van der Waals surface area contributed by atoms with Crippen LogP contribution in [0.25, 0.3) is 0 Å². The molecule has 1 aromatic heterocycles. The van der Waals surface area contributed by atoms with E-state index in [1.54, 1.807) is 19.1 Å². The zero-order valence-corrected chi connectivity index (χ0v) is 13.8. The molecule has 2 aromatic rings. The first-order chi connectivity index (χ1) is 11.4. The van der Waals surface area contributed by atoms with Crippen LogP contribution in [0.15, 0.2) is 30.5 Å². The molecule has 0 bridgehead atoms. The number of hydrogen-bond donors (Lipinski definition) is 1. The van der Waals surface area contributed by atoms with E-state index < -0.39 is 17.9 Å². The van der Waals surface area contributed by atoms with Crippen molar-refractivity contribution in [1.82, 2.24) is 4.98 Å². The van der Waals surface area contributed by atoms with Crippen molar-refractivity contribution >= 4 is 23.3 Å². The topological polar surface area (TPSA) is 83.7 Å². The lowest BCUT2D eigenvalue weighted by molar-refractivity contribution is -0.150. The summed E-state index contributed by atoms with van der Waals surface area (Å²) in [7, 11) is 0. The normalized spacial score (nSPS) is 11.7. The summed E-state index contributed by atoms with van der Waals surface area (Å²) in [5.74, 6) is -0.778. The fraction of sp³-hybridized carbons (Fsp3) is 0.250. The summed E-state index contributed by atoms with van der Waals surface area (Å²) in [5, 5.41) is 0.0370. The molecule has 0 spiro atoms. The van der Waals surface area contributed by atoms with Crippen LogP contribution in [-0.4, -0.2) is 23.7 Å². The van der Waals surface area contributed by atoms with Gasteiger partial charge < -0.3 is 19.9 Å². The van der Waals surface area contributed by atoms with Crippen LogP contribution in [0.4, 0.5) is 10.1 Å². The van der Waals surface area contributed by atoms with E-state index in [4.69, 9.17) is 31.5 Å². The van der Waals surface area contributed by atoms with Crippen LogP contribution in [0.3, 0.4) is 0 Å². The van der Waals surface area contributed by atoms with Gasteiger partial charge in [0.1, 0.15) is 11.6 Å². The first kappa shape index (κ1) is 17.8. The summed E-state index contributed by atoms with van der Waals surface area (Å²) in [5.41, 5.74) is 5.40. The molecule has 0 saturated carbocycles. The Bertz CT molecular complexity index is 742. The number of carbonyl (C=O) groups is 1. The second-order valence-corrected chi connectivity index (χ2v) is 5.13. The molecule has 1 unspecified atom stereocenters. The number of benzene rings is 1. The third-order valence-electron chi connectivity index (χ3n) is 2.91. The molecule has 1 atom stereocenters. The van der Waals surface area contributed by atoms with Gasteiger partial charge in [-0.3, -0.25) is 0 Å². The lowest BCUT2D eigenvalue weighted by Gasteiger charge is -2.16. The van der Waals surface area contributed by atoms with Gasteiger partial charge in [0, 0.05) is 12.3 Å². The Labute approximate surface area is 143 Å². The maximum absolute atomic E-state index is 13.4. The van der Waals surface area contributed by atoms with Crippen molar-refractivity contribution in [2.45, 2.75) is 20.0 Å². The predicted molar refractivity (Wildman–Crippen MR) is 86.9 cm³/mol. The summed E-state index contributed by atoms with van der Waals surface area (Å²) >= 11 is 5.95. The molecule has 1 aromatic carbocycles. The Hall–Kier alpha value is -2.54. The van der Waals surface area contributed by atoms with Gasteiger partial charge in [0.05, 0.1) is 17.3 Å². The maximum Gasteiger partial charge on any atom is 0.347 e. The van der Waals surface area contributed by atoms with Gasteiger partial charge in [-0.25, -0.2) is 14.2 Å². The van der Waals surface area contributed by atoms with Crippen LogP contribution in [0.5, 0.6) is 17.4 Å². The van der Waals surface area contributed by atoms with Crippen LogP contribution in [0, 0.1) is 5.82 Å². The minimum absolute atomic E-state index is 0.0370. The van der Waals surface area contributed by atoms with Crippen molar-refractivity contribution < 1.29 is 23.4 Å². The Morgan fingerprint density at radius 1 is 1.42 bits per heavy atom. The van der Waals surface area contributed by atoms with Gasteiger partial charge >= 0.3 is 5.97 Å². The highest BCUT2D eigenvalue weighted by Gasteiger charge is 2.19. The Balaban J connectivity index is 2.23. The molecule has 24 heavy (non-hydrogen) atoms. The third kappa shape index (κ3) is 4.26. The van der Waals surface area contributed by atoms with E-state index in [0.717, 1.165) is 6.07 Å². The van der Waals surface area contributed by atoms with Crippen LogP contribution in [-0.2, 0) is 9.53 Å². The minimum Gasteiger partial charge on any atom is -0.463 e. The largest absolute Gasteiger partial charge is 0.463 e. The molecule has 0 aliphatic carbocycles. The van der Waals surface area contributed by atoms with Gasteiger partial charge in [-0.05, 0) is 32.0 Å². The van der Waals surface area contributed by atoms with E-state index in [1.807, 2.05) is 0 Å². The molecule has 0 saturated heterocycles. The molecule has 0 aliphatic rings. The van der Waals surface area contributed by atoms with E-state index in [0.29, 0.717) is 0 Å². The van der Waals surface area contributed by atoms with Crippen LogP contribution >= 0.6 is 11.6 Å². The third-order valence-corrected chi connectivity index (χ3v) is 3.21. The van der Waals surface area contributed by atoms with E-state index in [9.17, 15) is 9.18 Å².